The summed E-state index contributed by atoms with van der Waals surface area (Å²) in [5.74, 6) is 1.48. The van der Waals surface area contributed by atoms with Crippen LogP contribution >= 0.6 is 0 Å². The highest BCUT2D eigenvalue weighted by Crippen LogP contribution is 2.42. The lowest BCUT2D eigenvalue weighted by atomic mass is 10.0. The number of fused-ring (bicyclic) bond motifs is 2. The summed E-state index contributed by atoms with van der Waals surface area (Å²) in [6, 6.07) is 24.4. The molecule has 0 saturated heterocycles. The SMILES string of the molecule is CC(CNCC(O)c1ccc(O)c2c1OCC(=O)N2)Cc1ccccc1.CNC.COc1ccc(CC(C)CNCC(O)c2ccc(O)c3c2OCC(=O)N3)cc1. The third kappa shape index (κ3) is 13.4. The maximum Gasteiger partial charge on any atom is 0.262 e. The maximum atomic E-state index is 11.5. The number of carbonyl (C=O) groups is 2. The van der Waals surface area contributed by atoms with Crippen molar-refractivity contribution in [1.82, 2.24) is 16.0 Å². The van der Waals surface area contributed by atoms with Crippen LogP contribution in [0, 0.1) is 11.8 Å². The van der Waals surface area contributed by atoms with Gasteiger partial charge in [-0.15, -0.1) is 0 Å². The Bertz CT molecular complexity index is 1880. The van der Waals surface area contributed by atoms with Crippen molar-refractivity contribution in [3.05, 3.63) is 101 Å². The minimum Gasteiger partial charge on any atom is -0.506 e. The number of amides is 2. The molecule has 57 heavy (non-hydrogen) atoms. The summed E-state index contributed by atoms with van der Waals surface area (Å²) in [4.78, 5) is 22.9. The van der Waals surface area contributed by atoms with E-state index in [9.17, 15) is 30.0 Å². The Labute approximate surface area is 334 Å². The predicted octanol–water partition coefficient (Wildman–Crippen LogP) is 4.29. The van der Waals surface area contributed by atoms with E-state index in [1.165, 1.54) is 23.3 Å². The summed E-state index contributed by atoms with van der Waals surface area (Å²) in [6.07, 6.45) is 0.255. The van der Waals surface area contributed by atoms with Crippen molar-refractivity contribution in [2.24, 2.45) is 11.8 Å². The number of carbonyl (C=O) groups excluding carboxylic acids is 2. The summed E-state index contributed by atoms with van der Waals surface area (Å²) in [5, 5.41) is 55.3. The van der Waals surface area contributed by atoms with Gasteiger partial charge in [0.15, 0.2) is 24.7 Å². The molecule has 0 bridgehead atoms. The van der Waals surface area contributed by atoms with Crippen molar-refractivity contribution in [1.29, 1.82) is 0 Å². The van der Waals surface area contributed by atoms with Crippen LogP contribution in [0.15, 0.2) is 78.9 Å². The van der Waals surface area contributed by atoms with Gasteiger partial charge in [0.2, 0.25) is 0 Å². The van der Waals surface area contributed by atoms with Crippen LogP contribution in [0.4, 0.5) is 11.4 Å². The van der Waals surface area contributed by atoms with Crippen molar-refractivity contribution in [3.8, 4) is 28.7 Å². The fourth-order valence-electron chi connectivity index (χ4n) is 6.36. The number of phenolic OH excluding ortho intramolecular Hbond substituents is 2. The molecule has 4 aromatic carbocycles. The number of aliphatic hydroxyl groups is 2. The van der Waals surface area contributed by atoms with E-state index >= 15 is 0 Å². The topological polar surface area (TPSA) is 203 Å². The molecule has 14 heteroatoms. The van der Waals surface area contributed by atoms with Crippen molar-refractivity contribution < 1.29 is 44.2 Å². The average Bonchev–Trinajstić information content (AvgIpc) is 3.19. The number of ether oxygens (including phenoxy) is 3. The number of anilines is 2. The number of phenols is 2. The van der Waals surface area contributed by atoms with Gasteiger partial charge in [0.1, 0.15) is 28.6 Å². The van der Waals surface area contributed by atoms with E-state index in [1.54, 1.807) is 19.2 Å². The molecule has 0 saturated carbocycles. The molecule has 6 rings (SSSR count). The standard InChI is InChI=1S/C21H26N2O5.C20H24N2O4.C2H7N/c1-13(9-14-3-5-15(27-2)6-4-14)10-22-11-18(25)16-7-8-17(24)20-21(16)28-12-19(26)23-20;1-13(9-14-5-3-2-4-6-14)10-21-11-17(24)15-7-8-16(23)19-20(15)26-12-18(25)22-19;1-3-2/h3-8,13,18,22,24-25H,9-12H2,1-2H3,(H,23,26);2-8,13,17,21,23-24H,9-12H2,1H3,(H,22,25);3H,1-2H3. The predicted molar refractivity (Wildman–Crippen MR) is 220 cm³/mol. The molecule has 4 aromatic rings. The lowest BCUT2D eigenvalue weighted by molar-refractivity contribution is -0.119. The second-order valence-corrected chi connectivity index (χ2v) is 14.2. The van der Waals surface area contributed by atoms with Gasteiger partial charge in [-0.2, -0.15) is 0 Å². The summed E-state index contributed by atoms with van der Waals surface area (Å²) in [7, 11) is 5.40. The fourth-order valence-corrected chi connectivity index (χ4v) is 6.36. The summed E-state index contributed by atoms with van der Waals surface area (Å²) >= 11 is 0. The van der Waals surface area contributed by atoms with Crippen LogP contribution in [0.25, 0.3) is 0 Å². The molecule has 9 N–H and O–H groups in total. The number of rotatable bonds is 15. The summed E-state index contributed by atoms with van der Waals surface area (Å²) in [5.41, 5.74) is 4.02. The van der Waals surface area contributed by atoms with Crippen molar-refractivity contribution in [3.63, 3.8) is 0 Å². The van der Waals surface area contributed by atoms with Gasteiger partial charge >= 0.3 is 0 Å². The molecule has 2 aliphatic heterocycles. The van der Waals surface area contributed by atoms with Crippen molar-refractivity contribution >= 4 is 23.2 Å². The second-order valence-electron chi connectivity index (χ2n) is 14.2. The number of aromatic hydroxyl groups is 2. The first-order valence-electron chi connectivity index (χ1n) is 19.0. The van der Waals surface area contributed by atoms with E-state index in [0.717, 1.165) is 31.7 Å². The largest absolute Gasteiger partial charge is 0.506 e. The molecule has 308 valence electrons. The van der Waals surface area contributed by atoms with E-state index < -0.39 is 12.2 Å². The Balaban J connectivity index is 0.000000237. The zero-order chi connectivity index (χ0) is 41.3. The monoisotopic (exact) mass is 787 g/mol. The zero-order valence-electron chi connectivity index (χ0n) is 33.3. The number of nitrogens with one attached hydrogen (secondary N) is 5. The highest BCUT2D eigenvalue weighted by molar-refractivity contribution is 5.98. The quantitative estimate of drug-likeness (QED) is 0.0775. The van der Waals surface area contributed by atoms with Gasteiger partial charge in [-0.05, 0) is 99.4 Å². The van der Waals surface area contributed by atoms with E-state index in [-0.39, 0.29) is 47.9 Å². The molecule has 14 nitrogen and oxygen atoms in total. The molecule has 0 spiro atoms. The van der Waals surface area contributed by atoms with E-state index in [4.69, 9.17) is 14.2 Å². The van der Waals surface area contributed by atoms with Crippen LogP contribution in [0.2, 0.25) is 0 Å². The molecule has 4 atom stereocenters. The average molecular weight is 788 g/mol. The van der Waals surface area contributed by atoms with Crippen LogP contribution < -0.4 is 40.8 Å². The number of methoxy groups -OCH3 is 1. The van der Waals surface area contributed by atoms with E-state index in [0.29, 0.717) is 47.6 Å². The van der Waals surface area contributed by atoms with Gasteiger partial charge in [0, 0.05) is 24.2 Å². The Morgan fingerprint density at radius 1 is 0.649 bits per heavy atom. The Hall–Kier alpha value is -5.38. The van der Waals surface area contributed by atoms with Gasteiger partial charge in [0.05, 0.1) is 19.3 Å². The third-order valence-corrected chi connectivity index (χ3v) is 9.11. The highest BCUT2D eigenvalue weighted by Gasteiger charge is 2.27. The van der Waals surface area contributed by atoms with Crippen LogP contribution in [-0.2, 0) is 22.4 Å². The lowest BCUT2D eigenvalue weighted by Crippen LogP contribution is -2.29. The molecule has 2 aliphatic rings. The van der Waals surface area contributed by atoms with Gasteiger partial charge < -0.3 is 61.2 Å². The fraction of sp³-hybridized carbons (Fsp3) is 0.395. The van der Waals surface area contributed by atoms with Crippen LogP contribution in [0.5, 0.6) is 28.7 Å². The van der Waals surface area contributed by atoms with E-state index in [2.05, 4.69) is 64.7 Å². The smallest absolute Gasteiger partial charge is 0.262 e. The first-order chi connectivity index (χ1) is 27.4. The number of benzene rings is 4. The van der Waals surface area contributed by atoms with Gasteiger partial charge in [0.25, 0.3) is 11.8 Å². The molecule has 4 unspecified atom stereocenters. The summed E-state index contributed by atoms with van der Waals surface area (Å²) in [6.45, 7) is 6.23. The molecule has 0 aliphatic carbocycles. The first kappa shape index (κ1) is 44.3. The van der Waals surface area contributed by atoms with Crippen molar-refractivity contribution in [2.75, 3.05) is 71.2 Å². The third-order valence-electron chi connectivity index (χ3n) is 9.11. The lowest BCUT2D eigenvalue weighted by Gasteiger charge is -2.24. The van der Waals surface area contributed by atoms with Gasteiger partial charge in [-0.3, -0.25) is 9.59 Å². The van der Waals surface area contributed by atoms with Crippen molar-refractivity contribution in [2.45, 2.75) is 38.9 Å². The maximum absolute atomic E-state index is 11.5. The van der Waals surface area contributed by atoms with Gasteiger partial charge in [-0.1, -0.05) is 56.3 Å². The highest BCUT2D eigenvalue weighted by atomic mass is 16.5. The minimum atomic E-state index is -0.822. The molecular formula is C43H57N5O9. The zero-order valence-corrected chi connectivity index (χ0v) is 33.3. The number of hydrogen-bond acceptors (Lipinski definition) is 12. The van der Waals surface area contributed by atoms with Crippen LogP contribution in [0.3, 0.4) is 0 Å². The van der Waals surface area contributed by atoms with Crippen LogP contribution in [0.1, 0.15) is 48.3 Å². The molecule has 2 heterocycles. The molecule has 0 radical (unpaired) electrons. The van der Waals surface area contributed by atoms with E-state index in [1.807, 2.05) is 44.4 Å². The minimum absolute atomic E-state index is 0.0755. The van der Waals surface area contributed by atoms with Crippen LogP contribution in [-0.4, -0.2) is 92.8 Å². The summed E-state index contributed by atoms with van der Waals surface area (Å²) < 4.78 is 16.0. The molecular weight excluding hydrogens is 730 g/mol. The van der Waals surface area contributed by atoms with Gasteiger partial charge in [-0.25, -0.2) is 0 Å². The Morgan fingerprint density at radius 2 is 1.07 bits per heavy atom. The molecule has 0 aromatic heterocycles. The second kappa shape index (κ2) is 22.4. The Morgan fingerprint density at radius 3 is 1.49 bits per heavy atom. The number of hydrogen-bond donors (Lipinski definition) is 9. The normalized spacial score (nSPS) is 14.9. The molecule has 0 fully saturated rings. The first-order valence-corrected chi connectivity index (χ1v) is 19.0. The molecule has 2 amide bonds. The number of aliphatic hydroxyl groups excluding tert-OH is 2. The Kier molecular flexibility index (Phi) is 17.4.